The van der Waals surface area contributed by atoms with E-state index in [9.17, 15) is 19.7 Å². The highest BCUT2D eigenvalue weighted by molar-refractivity contribution is 6.45. The van der Waals surface area contributed by atoms with Gasteiger partial charge in [-0.1, -0.05) is 19.9 Å². The molecule has 1 saturated heterocycles. The van der Waals surface area contributed by atoms with Crippen molar-refractivity contribution in [3.8, 4) is 0 Å². The van der Waals surface area contributed by atoms with E-state index >= 15 is 0 Å². The molecule has 4 rings (SSSR count). The maximum Gasteiger partial charge on any atom is 0.282 e. The third kappa shape index (κ3) is 4.20. The van der Waals surface area contributed by atoms with Crippen LogP contribution >= 0.6 is 0 Å². The van der Waals surface area contributed by atoms with Crippen LogP contribution in [0.3, 0.4) is 0 Å². The van der Waals surface area contributed by atoms with Crippen LogP contribution in [0, 0.1) is 22.0 Å². The Balaban J connectivity index is 1.82. The van der Waals surface area contributed by atoms with E-state index in [1.165, 1.54) is 17.0 Å². The van der Waals surface area contributed by atoms with Crippen LogP contribution in [-0.2, 0) is 9.59 Å². The number of anilines is 2. The van der Waals surface area contributed by atoms with Crippen molar-refractivity contribution in [2.75, 3.05) is 37.0 Å². The van der Waals surface area contributed by atoms with Gasteiger partial charge in [0.05, 0.1) is 16.2 Å². The van der Waals surface area contributed by atoms with Crippen molar-refractivity contribution in [1.82, 2.24) is 4.90 Å². The number of non-ortho nitro benzene ring substituents is 1. The van der Waals surface area contributed by atoms with Crippen molar-refractivity contribution in [1.29, 1.82) is 0 Å². The predicted molar refractivity (Wildman–Crippen MR) is 128 cm³/mol. The lowest BCUT2D eigenvalue weighted by atomic mass is 9.91. The Kier molecular flexibility index (Phi) is 5.93. The molecule has 0 aromatic heterocycles. The lowest BCUT2D eigenvalue weighted by molar-refractivity contribution is -0.384. The highest BCUT2D eigenvalue weighted by atomic mass is 16.6. The number of carbonyl (C=O) groups excluding carboxylic acids is 2. The van der Waals surface area contributed by atoms with E-state index in [0.717, 1.165) is 12.1 Å². The van der Waals surface area contributed by atoms with Gasteiger partial charge in [-0.2, -0.15) is 0 Å². The van der Waals surface area contributed by atoms with Crippen LogP contribution in [0.25, 0.3) is 5.57 Å². The monoisotopic (exact) mass is 448 g/mol. The van der Waals surface area contributed by atoms with Crippen LogP contribution in [0.15, 0.2) is 54.2 Å². The SMILES string of the molecule is CC1CC(C)CN(C2=C(c3ccc([N+](=O)[O-])cc3)C(=O)N(c3cccc(N(C)C)c3)C2=O)C1. The maximum absolute atomic E-state index is 13.8. The van der Waals surface area contributed by atoms with Gasteiger partial charge in [-0.3, -0.25) is 19.7 Å². The van der Waals surface area contributed by atoms with E-state index in [0.29, 0.717) is 47.4 Å². The molecule has 2 heterocycles. The molecule has 2 unspecified atom stereocenters. The molecule has 0 N–H and O–H groups in total. The van der Waals surface area contributed by atoms with Gasteiger partial charge in [0.1, 0.15) is 5.70 Å². The molecule has 2 aliphatic heterocycles. The molecule has 2 aromatic carbocycles. The largest absolute Gasteiger partial charge is 0.378 e. The summed E-state index contributed by atoms with van der Waals surface area (Å²) in [7, 11) is 3.80. The minimum atomic E-state index is -0.478. The van der Waals surface area contributed by atoms with Gasteiger partial charge in [-0.25, -0.2) is 4.90 Å². The zero-order chi connectivity index (χ0) is 23.9. The summed E-state index contributed by atoms with van der Waals surface area (Å²) in [5, 5.41) is 11.1. The van der Waals surface area contributed by atoms with E-state index in [1.807, 2.05) is 42.1 Å². The number of nitrogens with zero attached hydrogens (tertiary/aromatic N) is 4. The summed E-state index contributed by atoms with van der Waals surface area (Å²) < 4.78 is 0. The number of rotatable bonds is 5. The van der Waals surface area contributed by atoms with Crippen molar-refractivity contribution in [2.24, 2.45) is 11.8 Å². The molecule has 0 spiro atoms. The maximum atomic E-state index is 13.8. The fourth-order valence-corrected chi connectivity index (χ4v) is 4.81. The van der Waals surface area contributed by atoms with Crippen molar-refractivity contribution in [2.45, 2.75) is 20.3 Å². The van der Waals surface area contributed by atoms with Gasteiger partial charge in [-0.05, 0) is 54.2 Å². The first kappa shape index (κ1) is 22.5. The van der Waals surface area contributed by atoms with E-state index in [-0.39, 0.29) is 11.6 Å². The third-order valence-electron chi connectivity index (χ3n) is 6.22. The summed E-state index contributed by atoms with van der Waals surface area (Å²) in [6.45, 7) is 5.66. The molecule has 8 nitrogen and oxygen atoms in total. The molecule has 8 heteroatoms. The summed E-state index contributed by atoms with van der Waals surface area (Å²) in [5.41, 5.74) is 2.50. The summed E-state index contributed by atoms with van der Waals surface area (Å²) in [6.07, 6.45) is 1.06. The zero-order valence-corrected chi connectivity index (χ0v) is 19.3. The van der Waals surface area contributed by atoms with Gasteiger partial charge in [0.2, 0.25) is 0 Å². The van der Waals surface area contributed by atoms with Crippen LogP contribution < -0.4 is 9.80 Å². The lowest BCUT2D eigenvalue weighted by Crippen LogP contribution is -2.42. The van der Waals surface area contributed by atoms with Gasteiger partial charge >= 0.3 is 0 Å². The molecule has 2 amide bonds. The number of likely N-dealkylation sites (tertiary alicyclic amines) is 1. The Hall–Kier alpha value is -3.68. The van der Waals surface area contributed by atoms with Gasteiger partial charge < -0.3 is 9.80 Å². The Bertz CT molecular complexity index is 1130. The molecule has 1 fully saturated rings. The van der Waals surface area contributed by atoms with Crippen LogP contribution in [0.4, 0.5) is 17.1 Å². The van der Waals surface area contributed by atoms with Crippen molar-refractivity contribution >= 4 is 34.4 Å². The number of amides is 2. The molecule has 0 saturated carbocycles. The standard InChI is InChI=1S/C25H28N4O4/c1-16-12-17(2)15-27(14-16)23-22(18-8-10-19(11-9-18)29(32)33)24(30)28(25(23)31)21-7-5-6-20(13-21)26(3)4/h5-11,13,16-17H,12,14-15H2,1-4H3. The first-order valence-electron chi connectivity index (χ1n) is 11.1. The Labute approximate surface area is 193 Å². The zero-order valence-electron chi connectivity index (χ0n) is 19.3. The third-order valence-corrected chi connectivity index (χ3v) is 6.22. The van der Waals surface area contributed by atoms with Gasteiger partial charge in [0.15, 0.2) is 0 Å². The molecule has 33 heavy (non-hydrogen) atoms. The van der Waals surface area contributed by atoms with Crippen LogP contribution in [0.2, 0.25) is 0 Å². The number of imide groups is 1. The minimum absolute atomic E-state index is 0.0616. The van der Waals surface area contributed by atoms with Crippen molar-refractivity contribution < 1.29 is 14.5 Å². The summed E-state index contributed by atoms with van der Waals surface area (Å²) in [5.74, 6) is -0.00189. The number of nitro groups is 1. The van der Waals surface area contributed by atoms with Gasteiger partial charge in [0.25, 0.3) is 17.5 Å². The van der Waals surface area contributed by atoms with Crippen LogP contribution in [0.1, 0.15) is 25.8 Å². The average molecular weight is 449 g/mol. The highest BCUT2D eigenvalue weighted by Crippen LogP contribution is 2.38. The Morgan fingerprint density at radius 2 is 1.61 bits per heavy atom. The van der Waals surface area contributed by atoms with Crippen molar-refractivity contribution in [3.63, 3.8) is 0 Å². The fraction of sp³-hybridized carbons (Fsp3) is 0.360. The Morgan fingerprint density at radius 1 is 0.970 bits per heavy atom. The first-order valence-corrected chi connectivity index (χ1v) is 11.1. The molecule has 0 bridgehead atoms. The minimum Gasteiger partial charge on any atom is -0.378 e. The molecular weight excluding hydrogens is 420 g/mol. The second-order valence-corrected chi connectivity index (χ2v) is 9.24. The number of carbonyl (C=O) groups is 2. The van der Waals surface area contributed by atoms with Crippen LogP contribution in [-0.4, -0.2) is 48.8 Å². The van der Waals surface area contributed by atoms with E-state index < -0.39 is 10.8 Å². The highest BCUT2D eigenvalue weighted by Gasteiger charge is 2.43. The van der Waals surface area contributed by atoms with Crippen molar-refractivity contribution in [3.05, 3.63) is 69.9 Å². The van der Waals surface area contributed by atoms with Gasteiger partial charge in [0, 0.05) is 45.0 Å². The normalized spacial score (nSPS) is 21.1. The number of hydrogen-bond acceptors (Lipinski definition) is 6. The Morgan fingerprint density at radius 3 is 2.18 bits per heavy atom. The first-order chi connectivity index (χ1) is 15.7. The summed E-state index contributed by atoms with van der Waals surface area (Å²) in [4.78, 5) is 43.2. The molecule has 172 valence electrons. The van der Waals surface area contributed by atoms with E-state index in [4.69, 9.17) is 0 Å². The number of piperidine rings is 1. The number of benzene rings is 2. The summed E-state index contributed by atoms with van der Waals surface area (Å²) >= 11 is 0. The van der Waals surface area contributed by atoms with Gasteiger partial charge in [-0.15, -0.1) is 0 Å². The molecule has 2 aromatic rings. The quantitative estimate of drug-likeness (QED) is 0.391. The second kappa shape index (κ2) is 8.69. The molecule has 2 atom stereocenters. The average Bonchev–Trinajstić information content (AvgIpc) is 3.03. The smallest absolute Gasteiger partial charge is 0.282 e. The predicted octanol–water partition coefficient (Wildman–Crippen LogP) is 3.92. The second-order valence-electron chi connectivity index (χ2n) is 9.24. The molecule has 0 aliphatic carbocycles. The summed E-state index contributed by atoms with van der Waals surface area (Å²) in [6, 6.07) is 13.1. The van der Waals surface area contributed by atoms with E-state index in [2.05, 4.69) is 13.8 Å². The molecule has 2 aliphatic rings. The van der Waals surface area contributed by atoms with E-state index in [1.54, 1.807) is 18.2 Å². The fourth-order valence-electron chi connectivity index (χ4n) is 4.81. The topological polar surface area (TPSA) is 87.0 Å². The number of hydrogen-bond donors (Lipinski definition) is 0. The molecular formula is C25H28N4O4. The number of nitro benzene ring substituents is 1. The van der Waals surface area contributed by atoms with Crippen LogP contribution in [0.5, 0.6) is 0 Å². The molecule has 0 radical (unpaired) electrons. The lowest BCUT2D eigenvalue weighted by Gasteiger charge is -2.37.